The molecule has 1 heterocycles. The zero-order chi connectivity index (χ0) is 12.0. The lowest BCUT2D eigenvalue weighted by molar-refractivity contribution is -0.142. The van der Waals surface area contributed by atoms with Crippen LogP contribution in [-0.4, -0.2) is 35.2 Å². The second-order valence-corrected chi connectivity index (χ2v) is 6.14. The number of thioether (sulfide) groups is 1. The summed E-state index contributed by atoms with van der Waals surface area (Å²) in [5.74, 6) is 1.95. The lowest BCUT2D eigenvalue weighted by Crippen LogP contribution is -2.39. The molecular weight excluding hydrogens is 222 g/mol. The van der Waals surface area contributed by atoms with Gasteiger partial charge in [0.2, 0.25) is 0 Å². The summed E-state index contributed by atoms with van der Waals surface area (Å²) in [4.78, 5) is 11.1. The Balaban J connectivity index is 2.28. The molecule has 0 aromatic carbocycles. The molecule has 0 saturated carbocycles. The van der Waals surface area contributed by atoms with E-state index in [0.29, 0.717) is 18.5 Å². The molecule has 0 amide bonds. The van der Waals surface area contributed by atoms with Crippen molar-refractivity contribution < 1.29 is 9.90 Å². The topological polar surface area (TPSA) is 49.3 Å². The van der Waals surface area contributed by atoms with Gasteiger partial charge < -0.3 is 10.4 Å². The van der Waals surface area contributed by atoms with Crippen LogP contribution in [0, 0.1) is 11.8 Å². The third-order valence-electron chi connectivity index (χ3n) is 2.92. The number of carbonyl (C=O) groups is 1. The highest BCUT2D eigenvalue weighted by Gasteiger charge is 2.21. The van der Waals surface area contributed by atoms with Gasteiger partial charge >= 0.3 is 5.97 Å². The molecule has 0 radical (unpaired) electrons. The Hall–Kier alpha value is -0.220. The quantitative estimate of drug-likeness (QED) is 0.753. The maximum Gasteiger partial charge on any atom is 0.307 e. The molecule has 1 aliphatic rings. The predicted molar refractivity (Wildman–Crippen MR) is 68.9 cm³/mol. The van der Waals surface area contributed by atoms with Crippen LogP contribution in [0.25, 0.3) is 0 Å². The van der Waals surface area contributed by atoms with Crippen molar-refractivity contribution in [2.45, 2.75) is 39.2 Å². The summed E-state index contributed by atoms with van der Waals surface area (Å²) in [7, 11) is 0. The highest BCUT2D eigenvalue weighted by atomic mass is 32.2. The van der Waals surface area contributed by atoms with Crippen molar-refractivity contribution in [3.05, 3.63) is 0 Å². The molecule has 0 spiro atoms. The predicted octanol–water partition coefficient (Wildman–Crippen LogP) is 2.22. The largest absolute Gasteiger partial charge is 0.481 e. The normalized spacial score (nSPS) is 23.3. The van der Waals surface area contributed by atoms with Gasteiger partial charge in [-0.15, -0.1) is 0 Å². The average Bonchev–Trinajstić information content (AvgIpc) is 2.25. The van der Waals surface area contributed by atoms with E-state index in [1.807, 2.05) is 11.8 Å². The SMILES string of the molecule is CC(C)CC(CNC1CCCSC1)C(=O)O. The first kappa shape index (κ1) is 13.8. The molecule has 4 heteroatoms. The molecule has 0 aromatic heterocycles. The van der Waals surface area contributed by atoms with Crippen LogP contribution in [0.2, 0.25) is 0 Å². The molecule has 1 saturated heterocycles. The van der Waals surface area contributed by atoms with Crippen molar-refractivity contribution in [2.24, 2.45) is 11.8 Å². The molecule has 0 bridgehead atoms. The van der Waals surface area contributed by atoms with Crippen LogP contribution < -0.4 is 5.32 Å². The van der Waals surface area contributed by atoms with Crippen LogP contribution in [0.5, 0.6) is 0 Å². The highest BCUT2D eigenvalue weighted by molar-refractivity contribution is 7.99. The van der Waals surface area contributed by atoms with Crippen molar-refractivity contribution in [1.29, 1.82) is 0 Å². The van der Waals surface area contributed by atoms with Gasteiger partial charge in [-0.25, -0.2) is 0 Å². The average molecular weight is 245 g/mol. The number of hydrogen-bond donors (Lipinski definition) is 2. The van der Waals surface area contributed by atoms with Gasteiger partial charge in [0.05, 0.1) is 5.92 Å². The molecule has 1 rings (SSSR count). The third-order valence-corrected chi connectivity index (χ3v) is 4.13. The van der Waals surface area contributed by atoms with Crippen LogP contribution in [0.15, 0.2) is 0 Å². The molecule has 1 fully saturated rings. The molecule has 2 unspecified atom stereocenters. The summed E-state index contributed by atoms with van der Waals surface area (Å²) in [6.45, 7) is 4.78. The van der Waals surface area contributed by atoms with Crippen molar-refractivity contribution in [2.75, 3.05) is 18.1 Å². The standard InChI is InChI=1S/C12H23NO2S/c1-9(2)6-10(12(14)15)7-13-11-4-3-5-16-8-11/h9-11,13H,3-8H2,1-2H3,(H,14,15). The number of hydrogen-bond acceptors (Lipinski definition) is 3. The van der Waals surface area contributed by atoms with E-state index < -0.39 is 5.97 Å². The Kier molecular flexibility index (Phi) is 6.21. The van der Waals surface area contributed by atoms with E-state index in [9.17, 15) is 4.79 Å². The molecule has 0 aromatic rings. The Labute approximate surface area is 102 Å². The summed E-state index contributed by atoms with van der Waals surface area (Å²) < 4.78 is 0. The smallest absolute Gasteiger partial charge is 0.307 e. The molecule has 3 nitrogen and oxygen atoms in total. The first-order valence-electron chi connectivity index (χ1n) is 6.13. The van der Waals surface area contributed by atoms with Crippen molar-refractivity contribution in [1.82, 2.24) is 5.32 Å². The minimum Gasteiger partial charge on any atom is -0.481 e. The monoisotopic (exact) mass is 245 g/mol. The summed E-state index contributed by atoms with van der Waals surface area (Å²) in [5, 5.41) is 12.5. The third kappa shape index (κ3) is 5.21. The van der Waals surface area contributed by atoms with E-state index in [-0.39, 0.29) is 5.92 Å². The number of carboxylic acids is 1. The van der Waals surface area contributed by atoms with Crippen LogP contribution >= 0.6 is 11.8 Å². The van der Waals surface area contributed by atoms with Gasteiger partial charge in [0.1, 0.15) is 0 Å². The molecule has 1 aliphatic heterocycles. The first-order chi connectivity index (χ1) is 7.59. The van der Waals surface area contributed by atoms with Gasteiger partial charge in [0, 0.05) is 18.3 Å². The second-order valence-electron chi connectivity index (χ2n) is 4.99. The highest BCUT2D eigenvalue weighted by Crippen LogP contribution is 2.18. The van der Waals surface area contributed by atoms with E-state index in [4.69, 9.17) is 5.11 Å². The second kappa shape index (κ2) is 7.17. The van der Waals surface area contributed by atoms with E-state index in [2.05, 4.69) is 19.2 Å². The van der Waals surface area contributed by atoms with Crippen molar-refractivity contribution in [3.63, 3.8) is 0 Å². The maximum absolute atomic E-state index is 11.1. The maximum atomic E-state index is 11.1. The molecule has 0 aliphatic carbocycles. The van der Waals surface area contributed by atoms with Gasteiger partial charge in [0.25, 0.3) is 0 Å². The Bertz CT molecular complexity index is 215. The number of aliphatic carboxylic acids is 1. The van der Waals surface area contributed by atoms with Crippen LogP contribution in [0.4, 0.5) is 0 Å². The van der Waals surface area contributed by atoms with Crippen LogP contribution in [0.1, 0.15) is 33.1 Å². The molecular formula is C12H23NO2S. The zero-order valence-electron chi connectivity index (χ0n) is 10.2. The first-order valence-corrected chi connectivity index (χ1v) is 7.29. The Morgan fingerprint density at radius 3 is 2.81 bits per heavy atom. The number of nitrogens with one attached hydrogen (secondary N) is 1. The molecule has 2 N–H and O–H groups in total. The fourth-order valence-electron chi connectivity index (χ4n) is 2.05. The van der Waals surface area contributed by atoms with Gasteiger partial charge in [-0.3, -0.25) is 4.79 Å². The Morgan fingerprint density at radius 1 is 1.56 bits per heavy atom. The van der Waals surface area contributed by atoms with E-state index >= 15 is 0 Å². The fourth-order valence-corrected chi connectivity index (χ4v) is 3.16. The summed E-state index contributed by atoms with van der Waals surface area (Å²) in [6, 6.07) is 0.521. The van der Waals surface area contributed by atoms with Crippen molar-refractivity contribution >= 4 is 17.7 Å². The summed E-state index contributed by atoms with van der Waals surface area (Å²) in [5.41, 5.74) is 0. The van der Waals surface area contributed by atoms with Crippen LogP contribution in [-0.2, 0) is 4.79 Å². The lowest BCUT2D eigenvalue weighted by Gasteiger charge is -2.24. The van der Waals surface area contributed by atoms with Gasteiger partial charge in [-0.2, -0.15) is 11.8 Å². The minimum atomic E-state index is -0.662. The lowest BCUT2D eigenvalue weighted by atomic mass is 9.97. The fraction of sp³-hybridized carbons (Fsp3) is 0.917. The van der Waals surface area contributed by atoms with E-state index in [1.54, 1.807) is 0 Å². The van der Waals surface area contributed by atoms with E-state index in [1.165, 1.54) is 18.6 Å². The number of rotatable bonds is 6. The summed E-state index contributed by atoms with van der Waals surface area (Å²) in [6.07, 6.45) is 3.22. The van der Waals surface area contributed by atoms with Crippen molar-refractivity contribution in [3.8, 4) is 0 Å². The van der Waals surface area contributed by atoms with Crippen LogP contribution in [0.3, 0.4) is 0 Å². The van der Waals surface area contributed by atoms with E-state index in [0.717, 1.165) is 12.2 Å². The number of carboxylic acid groups (broad SMARTS) is 1. The molecule has 2 atom stereocenters. The summed E-state index contributed by atoms with van der Waals surface area (Å²) >= 11 is 1.97. The molecule has 16 heavy (non-hydrogen) atoms. The molecule has 94 valence electrons. The minimum absolute atomic E-state index is 0.230. The van der Waals surface area contributed by atoms with Gasteiger partial charge in [-0.1, -0.05) is 13.8 Å². The van der Waals surface area contributed by atoms with Gasteiger partial charge in [-0.05, 0) is 30.9 Å². The Morgan fingerprint density at radius 2 is 2.31 bits per heavy atom. The van der Waals surface area contributed by atoms with Gasteiger partial charge in [0.15, 0.2) is 0 Å². The zero-order valence-corrected chi connectivity index (χ0v) is 11.1.